The number of rotatable bonds is 5. The molecule has 0 aliphatic heterocycles. The second-order valence-electron chi connectivity index (χ2n) is 3.42. The smallest absolute Gasteiger partial charge is 0.0806 e. The minimum atomic E-state index is 0.213. The van der Waals surface area contributed by atoms with Crippen molar-refractivity contribution in [1.29, 1.82) is 0 Å². The van der Waals surface area contributed by atoms with Crippen LogP contribution in [0.15, 0.2) is 0 Å². The van der Waals surface area contributed by atoms with E-state index in [1.54, 1.807) is 0 Å². The standard InChI is InChI=1S/C9H19NO/c1-3-7-11-9(8-10-2)5-4-6-9/h10H,3-8H2,1-2H3. The summed E-state index contributed by atoms with van der Waals surface area (Å²) in [4.78, 5) is 0. The second kappa shape index (κ2) is 4.07. The van der Waals surface area contributed by atoms with E-state index >= 15 is 0 Å². The van der Waals surface area contributed by atoms with Gasteiger partial charge in [-0.3, -0.25) is 0 Å². The third kappa shape index (κ3) is 2.17. The summed E-state index contributed by atoms with van der Waals surface area (Å²) in [5.41, 5.74) is 0.213. The molecule has 0 bridgehead atoms. The SMILES string of the molecule is CCCOC1(CNC)CCC1. The summed E-state index contributed by atoms with van der Waals surface area (Å²) in [6.45, 7) is 4.10. The van der Waals surface area contributed by atoms with E-state index in [9.17, 15) is 0 Å². The van der Waals surface area contributed by atoms with Gasteiger partial charge >= 0.3 is 0 Å². The molecule has 2 heteroatoms. The summed E-state index contributed by atoms with van der Waals surface area (Å²) in [6.07, 6.45) is 4.96. The molecule has 1 fully saturated rings. The average molecular weight is 157 g/mol. The first kappa shape index (κ1) is 9.01. The molecule has 0 amide bonds. The van der Waals surface area contributed by atoms with E-state index in [0.29, 0.717) is 0 Å². The second-order valence-corrected chi connectivity index (χ2v) is 3.42. The zero-order valence-corrected chi connectivity index (χ0v) is 7.65. The Morgan fingerprint density at radius 3 is 2.55 bits per heavy atom. The van der Waals surface area contributed by atoms with Crippen molar-refractivity contribution in [1.82, 2.24) is 5.32 Å². The van der Waals surface area contributed by atoms with Crippen LogP contribution in [0.5, 0.6) is 0 Å². The molecular formula is C9H19NO. The molecule has 0 aromatic carbocycles. The van der Waals surface area contributed by atoms with Gasteiger partial charge in [-0.05, 0) is 32.7 Å². The lowest BCUT2D eigenvalue weighted by atomic mass is 9.80. The van der Waals surface area contributed by atoms with Crippen molar-refractivity contribution in [3.8, 4) is 0 Å². The molecule has 0 heterocycles. The summed E-state index contributed by atoms with van der Waals surface area (Å²) < 4.78 is 5.79. The van der Waals surface area contributed by atoms with E-state index < -0.39 is 0 Å². The summed E-state index contributed by atoms with van der Waals surface area (Å²) in [6, 6.07) is 0. The molecule has 0 aromatic rings. The molecule has 1 aliphatic carbocycles. The van der Waals surface area contributed by atoms with Crippen LogP contribution in [0.3, 0.4) is 0 Å². The molecular weight excluding hydrogens is 138 g/mol. The summed E-state index contributed by atoms with van der Waals surface area (Å²) in [7, 11) is 2.00. The van der Waals surface area contributed by atoms with Crippen molar-refractivity contribution in [2.45, 2.75) is 38.2 Å². The quantitative estimate of drug-likeness (QED) is 0.654. The van der Waals surface area contributed by atoms with E-state index in [2.05, 4.69) is 12.2 Å². The van der Waals surface area contributed by atoms with Crippen molar-refractivity contribution in [2.75, 3.05) is 20.2 Å². The number of hydrogen-bond acceptors (Lipinski definition) is 2. The van der Waals surface area contributed by atoms with Crippen LogP contribution < -0.4 is 5.32 Å². The van der Waals surface area contributed by atoms with Gasteiger partial charge in [0.15, 0.2) is 0 Å². The Balaban J connectivity index is 2.22. The average Bonchev–Trinajstić information content (AvgIpc) is 1.95. The molecule has 0 unspecified atom stereocenters. The maximum atomic E-state index is 5.79. The van der Waals surface area contributed by atoms with Crippen molar-refractivity contribution >= 4 is 0 Å². The third-order valence-electron chi connectivity index (χ3n) is 2.38. The summed E-state index contributed by atoms with van der Waals surface area (Å²) >= 11 is 0. The molecule has 2 nitrogen and oxygen atoms in total. The number of likely N-dealkylation sites (N-methyl/N-ethyl adjacent to an activating group) is 1. The fourth-order valence-corrected chi connectivity index (χ4v) is 1.58. The van der Waals surface area contributed by atoms with Crippen molar-refractivity contribution < 1.29 is 4.74 Å². The molecule has 66 valence electrons. The van der Waals surface area contributed by atoms with Gasteiger partial charge in [0.05, 0.1) is 5.60 Å². The lowest BCUT2D eigenvalue weighted by molar-refractivity contribution is -0.0959. The largest absolute Gasteiger partial charge is 0.374 e. The lowest BCUT2D eigenvalue weighted by Gasteiger charge is -2.41. The first-order chi connectivity index (χ1) is 5.33. The molecule has 1 aliphatic rings. The van der Waals surface area contributed by atoms with E-state index in [0.717, 1.165) is 19.6 Å². The Hall–Kier alpha value is -0.0800. The van der Waals surface area contributed by atoms with Gasteiger partial charge < -0.3 is 10.1 Å². The van der Waals surface area contributed by atoms with E-state index in [1.807, 2.05) is 7.05 Å². The van der Waals surface area contributed by atoms with Gasteiger partial charge in [0.25, 0.3) is 0 Å². The van der Waals surface area contributed by atoms with Crippen LogP contribution >= 0.6 is 0 Å². The monoisotopic (exact) mass is 157 g/mol. The predicted molar refractivity (Wildman–Crippen MR) is 46.8 cm³/mol. The molecule has 1 saturated carbocycles. The number of ether oxygens (including phenoxy) is 1. The van der Waals surface area contributed by atoms with Crippen molar-refractivity contribution in [3.63, 3.8) is 0 Å². The van der Waals surface area contributed by atoms with Gasteiger partial charge in [-0.25, -0.2) is 0 Å². The van der Waals surface area contributed by atoms with Crippen LogP contribution in [0.25, 0.3) is 0 Å². The third-order valence-corrected chi connectivity index (χ3v) is 2.38. The van der Waals surface area contributed by atoms with Gasteiger partial charge in [-0.1, -0.05) is 6.92 Å². The fourth-order valence-electron chi connectivity index (χ4n) is 1.58. The van der Waals surface area contributed by atoms with Gasteiger partial charge in [-0.2, -0.15) is 0 Å². The summed E-state index contributed by atoms with van der Waals surface area (Å²) in [5.74, 6) is 0. The zero-order valence-electron chi connectivity index (χ0n) is 7.65. The van der Waals surface area contributed by atoms with Gasteiger partial charge in [-0.15, -0.1) is 0 Å². The highest BCUT2D eigenvalue weighted by Crippen LogP contribution is 2.34. The number of hydrogen-bond donors (Lipinski definition) is 1. The molecule has 0 radical (unpaired) electrons. The molecule has 0 spiro atoms. The molecule has 1 N–H and O–H groups in total. The van der Waals surface area contributed by atoms with Crippen LogP contribution in [-0.2, 0) is 4.74 Å². The Labute approximate surface area is 69.3 Å². The topological polar surface area (TPSA) is 21.3 Å². The molecule has 0 saturated heterocycles. The first-order valence-corrected chi connectivity index (χ1v) is 4.61. The Morgan fingerprint density at radius 1 is 1.45 bits per heavy atom. The first-order valence-electron chi connectivity index (χ1n) is 4.61. The Morgan fingerprint density at radius 2 is 2.18 bits per heavy atom. The predicted octanol–water partition coefficient (Wildman–Crippen LogP) is 1.56. The maximum Gasteiger partial charge on any atom is 0.0806 e. The van der Waals surface area contributed by atoms with Gasteiger partial charge in [0.2, 0.25) is 0 Å². The number of nitrogens with one attached hydrogen (secondary N) is 1. The maximum absolute atomic E-state index is 5.79. The summed E-state index contributed by atoms with van der Waals surface area (Å²) in [5, 5.41) is 3.19. The van der Waals surface area contributed by atoms with Crippen molar-refractivity contribution in [2.24, 2.45) is 0 Å². The highest BCUT2D eigenvalue weighted by atomic mass is 16.5. The highest BCUT2D eigenvalue weighted by Gasteiger charge is 2.36. The highest BCUT2D eigenvalue weighted by molar-refractivity contribution is 4.91. The van der Waals surface area contributed by atoms with Crippen LogP contribution in [0.1, 0.15) is 32.6 Å². The van der Waals surface area contributed by atoms with E-state index in [-0.39, 0.29) is 5.60 Å². The minimum absolute atomic E-state index is 0.213. The molecule has 0 atom stereocenters. The molecule has 1 rings (SSSR count). The molecule has 0 aromatic heterocycles. The van der Waals surface area contributed by atoms with Crippen LogP contribution in [-0.4, -0.2) is 25.8 Å². The van der Waals surface area contributed by atoms with Crippen LogP contribution in [0, 0.1) is 0 Å². The van der Waals surface area contributed by atoms with Gasteiger partial charge in [0.1, 0.15) is 0 Å². The van der Waals surface area contributed by atoms with Crippen LogP contribution in [0.2, 0.25) is 0 Å². The van der Waals surface area contributed by atoms with E-state index in [1.165, 1.54) is 19.3 Å². The Bertz CT molecular complexity index is 110. The van der Waals surface area contributed by atoms with Crippen molar-refractivity contribution in [3.05, 3.63) is 0 Å². The van der Waals surface area contributed by atoms with Crippen LogP contribution in [0.4, 0.5) is 0 Å². The minimum Gasteiger partial charge on any atom is -0.374 e. The zero-order chi connectivity index (χ0) is 8.16. The fraction of sp³-hybridized carbons (Fsp3) is 1.00. The lowest BCUT2D eigenvalue weighted by Crippen LogP contribution is -2.48. The van der Waals surface area contributed by atoms with E-state index in [4.69, 9.17) is 4.74 Å². The Kier molecular flexibility index (Phi) is 3.34. The normalized spacial score (nSPS) is 21.3. The molecule has 11 heavy (non-hydrogen) atoms. The van der Waals surface area contributed by atoms with Gasteiger partial charge in [0, 0.05) is 13.2 Å².